The van der Waals surface area contributed by atoms with Crippen LogP contribution < -0.4 is 9.46 Å². The fourth-order valence-electron chi connectivity index (χ4n) is 1.67. The molecular formula is C12H10BrClF2N2O3S. The lowest BCUT2D eigenvalue weighted by Gasteiger charge is -2.18. The Labute approximate surface area is 139 Å². The second-order valence-corrected chi connectivity index (χ2v) is 7.12. The summed E-state index contributed by atoms with van der Waals surface area (Å²) < 4.78 is 58.7. The Morgan fingerprint density at radius 3 is 2.73 bits per heavy atom. The maximum Gasteiger partial charge on any atom is 0.264 e. The summed E-state index contributed by atoms with van der Waals surface area (Å²) in [5.41, 5.74) is 0. The van der Waals surface area contributed by atoms with Gasteiger partial charge in [-0.3, -0.25) is 4.72 Å². The molecule has 0 saturated heterocycles. The summed E-state index contributed by atoms with van der Waals surface area (Å²) in [6, 6.07) is 2.89. The van der Waals surface area contributed by atoms with Crippen molar-refractivity contribution in [2.24, 2.45) is 0 Å². The highest BCUT2D eigenvalue weighted by atomic mass is 79.9. The predicted molar refractivity (Wildman–Crippen MR) is 82.8 cm³/mol. The van der Waals surface area contributed by atoms with E-state index in [9.17, 15) is 17.2 Å². The lowest BCUT2D eigenvalue weighted by atomic mass is 10.1. The molecule has 2 atom stereocenters. The number of rotatable bonds is 4. The van der Waals surface area contributed by atoms with Crippen LogP contribution in [0.1, 0.15) is 0 Å². The number of halogens is 4. The molecule has 1 heterocycles. The monoisotopic (exact) mass is 414 g/mol. The van der Waals surface area contributed by atoms with E-state index in [-0.39, 0.29) is 11.7 Å². The molecule has 120 valence electrons. The number of aromatic nitrogens is 1. The first-order valence-electron chi connectivity index (χ1n) is 5.85. The van der Waals surface area contributed by atoms with Crippen molar-refractivity contribution in [2.75, 3.05) is 11.8 Å². The highest BCUT2D eigenvalue weighted by Crippen LogP contribution is 2.32. The Balaban J connectivity index is 2.35. The number of methoxy groups -OCH3 is 1. The molecule has 5 nitrogen and oxygen atoms in total. The Morgan fingerprint density at radius 2 is 2.09 bits per heavy atom. The molecule has 0 aromatic carbocycles. The van der Waals surface area contributed by atoms with Crippen LogP contribution in [-0.2, 0) is 10.0 Å². The van der Waals surface area contributed by atoms with Gasteiger partial charge in [0, 0.05) is 0 Å². The molecule has 2 rings (SSSR count). The van der Waals surface area contributed by atoms with Gasteiger partial charge in [-0.05, 0) is 40.2 Å². The quantitative estimate of drug-likeness (QED) is 0.819. The number of sulfonamides is 1. The van der Waals surface area contributed by atoms with Crippen molar-refractivity contribution in [1.29, 1.82) is 0 Å². The van der Waals surface area contributed by atoms with Crippen LogP contribution in [0.4, 0.5) is 14.6 Å². The highest BCUT2D eigenvalue weighted by Gasteiger charge is 2.32. The van der Waals surface area contributed by atoms with Crippen molar-refractivity contribution >= 4 is 43.4 Å². The molecule has 0 bridgehead atoms. The molecule has 0 saturated carbocycles. The first-order chi connectivity index (χ1) is 10.3. The third-order valence-corrected chi connectivity index (χ3v) is 5.26. The van der Waals surface area contributed by atoms with Crippen molar-refractivity contribution < 1.29 is 21.9 Å². The minimum Gasteiger partial charge on any atom is -0.480 e. The Kier molecular flexibility index (Phi) is 5.08. The second kappa shape index (κ2) is 6.51. The lowest BCUT2D eigenvalue weighted by Crippen LogP contribution is -2.25. The smallest absolute Gasteiger partial charge is 0.264 e. The van der Waals surface area contributed by atoms with E-state index in [4.69, 9.17) is 16.3 Å². The van der Waals surface area contributed by atoms with Gasteiger partial charge in [-0.1, -0.05) is 11.6 Å². The van der Waals surface area contributed by atoms with Crippen molar-refractivity contribution in [1.82, 2.24) is 4.98 Å². The number of alkyl halides is 2. The maximum atomic E-state index is 13.5. The van der Waals surface area contributed by atoms with Gasteiger partial charge in [-0.2, -0.15) is 4.98 Å². The zero-order chi connectivity index (χ0) is 16.5. The van der Waals surface area contributed by atoms with Crippen molar-refractivity contribution in [3.8, 4) is 5.88 Å². The summed E-state index contributed by atoms with van der Waals surface area (Å²) in [7, 11) is -2.84. The first-order valence-corrected chi connectivity index (χ1v) is 8.51. The van der Waals surface area contributed by atoms with E-state index in [0.717, 1.165) is 12.2 Å². The molecule has 2 unspecified atom stereocenters. The number of ether oxygens (including phenoxy) is 1. The summed E-state index contributed by atoms with van der Waals surface area (Å²) >= 11 is 8.78. The summed E-state index contributed by atoms with van der Waals surface area (Å²) in [5, 5.41) is -0.716. The van der Waals surface area contributed by atoms with Crippen molar-refractivity contribution in [2.45, 2.75) is 12.3 Å². The molecule has 1 aliphatic carbocycles. The van der Waals surface area contributed by atoms with E-state index in [2.05, 4.69) is 25.6 Å². The SMILES string of the molecule is COc1nc(NS(=O)(=O)C2=C(Cl)C(F)C(F)C=C2)ccc1Br. The van der Waals surface area contributed by atoms with Gasteiger partial charge in [0.25, 0.3) is 10.0 Å². The highest BCUT2D eigenvalue weighted by molar-refractivity contribution is 9.10. The number of nitrogens with zero attached hydrogens (tertiary/aromatic N) is 1. The Morgan fingerprint density at radius 1 is 1.41 bits per heavy atom. The maximum absolute atomic E-state index is 13.5. The van der Waals surface area contributed by atoms with Crippen LogP contribution >= 0.6 is 27.5 Å². The molecule has 1 aromatic heterocycles. The average molecular weight is 416 g/mol. The molecule has 1 aliphatic rings. The predicted octanol–water partition coefficient (Wildman–Crippen LogP) is 3.29. The summed E-state index contributed by atoms with van der Waals surface area (Å²) in [4.78, 5) is 3.37. The zero-order valence-corrected chi connectivity index (χ0v) is 14.2. The van der Waals surface area contributed by atoms with Gasteiger partial charge in [0.15, 0.2) is 12.3 Å². The fourth-order valence-corrected chi connectivity index (χ4v) is 3.66. The summed E-state index contributed by atoms with van der Waals surface area (Å²) in [6.07, 6.45) is -2.48. The molecule has 1 N–H and O–H groups in total. The van der Waals surface area contributed by atoms with E-state index in [1.54, 1.807) is 0 Å². The van der Waals surface area contributed by atoms with Crippen LogP contribution in [0.15, 0.2) is 38.7 Å². The summed E-state index contributed by atoms with van der Waals surface area (Å²) in [6.45, 7) is 0. The number of hydrogen-bond donors (Lipinski definition) is 1. The van der Waals surface area contributed by atoms with E-state index in [0.29, 0.717) is 4.47 Å². The van der Waals surface area contributed by atoms with E-state index in [1.807, 2.05) is 0 Å². The molecule has 0 radical (unpaired) electrons. The zero-order valence-electron chi connectivity index (χ0n) is 11.1. The molecule has 0 aliphatic heterocycles. The standard InChI is InChI=1S/C12H10BrClF2N2O3S/c1-21-12-6(13)2-5-9(17-12)18-22(19,20)8-4-3-7(15)11(16)10(8)14/h2-5,7,11H,1H3,(H,17,18). The van der Waals surface area contributed by atoms with Gasteiger partial charge in [-0.25, -0.2) is 17.2 Å². The average Bonchev–Trinajstić information content (AvgIpc) is 2.46. The van der Waals surface area contributed by atoms with Gasteiger partial charge in [0.2, 0.25) is 5.88 Å². The first kappa shape index (κ1) is 17.2. The Bertz CT molecular complexity index is 755. The molecule has 1 aromatic rings. The fraction of sp³-hybridized carbons (Fsp3) is 0.250. The number of anilines is 1. The van der Waals surface area contributed by atoms with Crippen LogP contribution in [0.2, 0.25) is 0 Å². The van der Waals surface area contributed by atoms with E-state index in [1.165, 1.54) is 19.2 Å². The number of allylic oxidation sites excluding steroid dienone is 3. The molecule has 0 fully saturated rings. The molecule has 0 spiro atoms. The number of hydrogen-bond acceptors (Lipinski definition) is 4. The minimum atomic E-state index is -4.21. The topological polar surface area (TPSA) is 68.3 Å². The third kappa shape index (κ3) is 3.41. The van der Waals surface area contributed by atoms with Crippen molar-refractivity contribution in [3.05, 3.63) is 38.7 Å². The van der Waals surface area contributed by atoms with Gasteiger partial charge >= 0.3 is 0 Å². The van der Waals surface area contributed by atoms with Crippen molar-refractivity contribution in [3.63, 3.8) is 0 Å². The minimum absolute atomic E-state index is 0.0526. The largest absolute Gasteiger partial charge is 0.480 e. The summed E-state index contributed by atoms with van der Waals surface area (Å²) in [5.74, 6) is 0.106. The van der Waals surface area contributed by atoms with Crippen LogP contribution in [0.3, 0.4) is 0 Å². The number of nitrogens with one attached hydrogen (secondary N) is 1. The Hall–Kier alpha value is -1.19. The molecular weight excluding hydrogens is 406 g/mol. The number of pyridine rings is 1. The molecule has 22 heavy (non-hydrogen) atoms. The van der Waals surface area contributed by atoms with E-state index < -0.39 is 32.3 Å². The molecule has 0 amide bonds. The van der Waals surface area contributed by atoms with Gasteiger partial charge in [-0.15, -0.1) is 0 Å². The van der Waals surface area contributed by atoms with E-state index >= 15 is 0 Å². The second-order valence-electron chi connectivity index (χ2n) is 4.21. The van der Waals surface area contributed by atoms with Crippen LogP contribution in [0.5, 0.6) is 5.88 Å². The van der Waals surface area contributed by atoms with Gasteiger partial charge in [0.05, 0.1) is 16.6 Å². The van der Waals surface area contributed by atoms with Crippen LogP contribution in [-0.4, -0.2) is 32.9 Å². The lowest BCUT2D eigenvalue weighted by molar-refractivity contribution is 0.241. The van der Waals surface area contributed by atoms with Crippen LogP contribution in [0.25, 0.3) is 0 Å². The van der Waals surface area contributed by atoms with Gasteiger partial charge in [0.1, 0.15) is 10.7 Å². The normalized spacial score (nSPS) is 21.9. The molecule has 10 heteroatoms. The third-order valence-electron chi connectivity index (χ3n) is 2.72. The van der Waals surface area contributed by atoms with Crippen LogP contribution in [0, 0.1) is 0 Å². The van der Waals surface area contributed by atoms with Gasteiger partial charge < -0.3 is 4.74 Å².